The van der Waals surface area contributed by atoms with Crippen LogP contribution < -0.4 is 10.2 Å². The molecular formula is C17H20ClN5O. The van der Waals surface area contributed by atoms with Gasteiger partial charge in [-0.15, -0.1) is 0 Å². The van der Waals surface area contributed by atoms with E-state index in [0.717, 1.165) is 47.3 Å². The third-order valence-electron chi connectivity index (χ3n) is 4.12. The number of carbonyl (C=O) groups is 1. The third-order valence-corrected chi connectivity index (χ3v) is 4.53. The first-order chi connectivity index (χ1) is 11.6. The summed E-state index contributed by atoms with van der Waals surface area (Å²) >= 11 is 6.18. The lowest BCUT2D eigenvalue weighted by molar-refractivity contribution is -0.118. The van der Waals surface area contributed by atoms with E-state index in [0.29, 0.717) is 19.0 Å². The van der Waals surface area contributed by atoms with Gasteiger partial charge in [-0.2, -0.15) is 4.98 Å². The number of hydrogen-bond acceptors (Lipinski definition) is 5. The fraction of sp³-hybridized carbons (Fsp3) is 0.353. The second kappa shape index (κ2) is 7.05. The summed E-state index contributed by atoms with van der Waals surface area (Å²) in [5.41, 5.74) is 2.80. The first-order valence-corrected chi connectivity index (χ1v) is 8.27. The minimum atomic E-state index is 0.683. The maximum Gasteiger partial charge on any atom is 0.227 e. The van der Waals surface area contributed by atoms with E-state index in [-0.39, 0.29) is 0 Å². The average Bonchev–Trinajstić information content (AvgIpc) is 2.58. The molecule has 1 aromatic heterocycles. The van der Waals surface area contributed by atoms with Crippen molar-refractivity contribution in [1.82, 2.24) is 14.9 Å². The van der Waals surface area contributed by atoms with Crippen molar-refractivity contribution in [2.75, 3.05) is 36.4 Å². The Kier molecular flexibility index (Phi) is 4.85. The molecule has 2 aromatic rings. The normalized spacial score (nSPS) is 14.6. The van der Waals surface area contributed by atoms with Crippen molar-refractivity contribution < 1.29 is 4.79 Å². The Morgan fingerprint density at radius 2 is 1.92 bits per heavy atom. The number of nitrogens with zero attached hydrogens (tertiary/aromatic N) is 4. The molecule has 0 atom stereocenters. The predicted molar refractivity (Wildman–Crippen MR) is 96.1 cm³/mol. The largest absolute Gasteiger partial charge is 0.342 e. The van der Waals surface area contributed by atoms with Gasteiger partial charge in [0.25, 0.3) is 0 Å². The molecule has 0 unspecified atom stereocenters. The van der Waals surface area contributed by atoms with Crippen molar-refractivity contribution in [2.45, 2.75) is 13.8 Å². The summed E-state index contributed by atoms with van der Waals surface area (Å²) in [6.07, 6.45) is 0.892. The predicted octanol–water partition coefficient (Wildman–Crippen LogP) is 2.77. The van der Waals surface area contributed by atoms with Crippen molar-refractivity contribution >= 4 is 35.5 Å². The van der Waals surface area contributed by atoms with Gasteiger partial charge < -0.3 is 15.1 Å². The molecule has 0 aliphatic carbocycles. The van der Waals surface area contributed by atoms with Crippen LogP contribution in [0.25, 0.3) is 0 Å². The highest BCUT2D eigenvalue weighted by atomic mass is 35.5. The summed E-state index contributed by atoms with van der Waals surface area (Å²) in [5.74, 6) is 1.42. The Morgan fingerprint density at radius 3 is 2.62 bits per heavy atom. The molecule has 0 bridgehead atoms. The van der Waals surface area contributed by atoms with E-state index in [1.807, 2.05) is 38.1 Å². The Bertz CT molecular complexity index is 744. The van der Waals surface area contributed by atoms with E-state index < -0.39 is 0 Å². The van der Waals surface area contributed by atoms with Crippen molar-refractivity contribution in [2.24, 2.45) is 0 Å². The molecule has 1 aliphatic heterocycles. The van der Waals surface area contributed by atoms with E-state index in [9.17, 15) is 4.79 Å². The molecule has 3 rings (SSSR count). The SMILES string of the molecule is Cc1cc(Nc2cccc(Cl)c2C)nc(N2CCN(C=O)CC2)n1. The van der Waals surface area contributed by atoms with Crippen molar-refractivity contribution in [3.63, 3.8) is 0 Å². The van der Waals surface area contributed by atoms with E-state index in [4.69, 9.17) is 11.6 Å². The molecule has 6 nitrogen and oxygen atoms in total. The number of rotatable bonds is 4. The van der Waals surface area contributed by atoms with Crippen LogP contribution in [-0.4, -0.2) is 47.5 Å². The van der Waals surface area contributed by atoms with E-state index in [2.05, 4.69) is 20.2 Å². The highest BCUT2D eigenvalue weighted by molar-refractivity contribution is 6.31. The topological polar surface area (TPSA) is 61.4 Å². The molecule has 0 radical (unpaired) electrons. The van der Waals surface area contributed by atoms with Crippen LogP contribution in [0.3, 0.4) is 0 Å². The van der Waals surface area contributed by atoms with Gasteiger partial charge >= 0.3 is 0 Å². The van der Waals surface area contributed by atoms with E-state index in [1.165, 1.54) is 0 Å². The fourth-order valence-electron chi connectivity index (χ4n) is 2.67. The first kappa shape index (κ1) is 16.5. The zero-order chi connectivity index (χ0) is 17.1. The maximum absolute atomic E-state index is 10.8. The van der Waals surface area contributed by atoms with Crippen LogP contribution >= 0.6 is 11.6 Å². The molecule has 7 heteroatoms. The second-order valence-corrected chi connectivity index (χ2v) is 6.27. The van der Waals surface area contributed by atoms with Crippen LogP contribution in [-0.2, 0) is 4.79 Å². The van der Waals surface area contributed by atoms with Gasteiger partial charge in [0.15, 0.2) is 0 Å². The van der Waals surface area contributed by atoms with Gasteiger partial charge in [0, 0.05) is 48.6 Å². The Hall–Kier alpha value is -2.34. The number of aromatic nitrogens is 2. The van der Waals surface area contributed by atoms with Gasteiger partial charge in [-0.05, 0) is 31.5 Å². The van der Waals surface area contributed by atoms with Crippen LogP contribution in [0.4, 0.5) is 17.5 Å². The Labute approximate surface area is 146 Å². The van der Waals surface area contributed by atoms with Crippen LogP contribution in [0.15, 0.2) is 24.3 Å². The van der Waals surface area contributed by atoms with Crippen LogP contribution in [0.5, 0.6) is 0 Å². The number of piperazine rings is 1. The summed E-state index contributed by atoms with van der Waals surface area (Å²) in [6, 6.07) is 7.66. The zero-order valence-corrected chi connectivity index (χ0v) is 14.5. The number of nitrogens with one attached hydrogen (secondary N) is 1. The summed E-state index contributed by atoms with van der Waals surface area (Å²) < 4.78 is 0. The lowest BCUT2D eigenvalue weighted by Gasteiger charge is -2.32. The van der Waals surface area contributed by atoms with Crippen molar-refractivity contribution in [3.05, 3.63) is 40.5 Å². The molecule has 1 N–H and O–H groups in total. The molecular weight excluding hydrogens is 326 g/mol. The molecule has 0 saturated carbocycles. The lowest BCUT2D eigenvalue weighted by Crippen LogP contribution is -2.46. The number of halogens is 1. The quantitative estimate of drug-likeness (QED) is 0.863. The highest BCUT2D eigenvalue weighted by Gasteiger charge is 2.18. The number of carbonyl (C=O) groups excluding carboxylic acids is 1. The van der Waals surface area contributed by atoms with Crippen molar-refractivity contribution in [3.8, 4) is 0 Å². The van der Waals surface area contributed by atoms with Gasteiger partial charge in [-0.3, -0.25) is 4.79 Å². The number of benzene rings is 1. The van der Waals surface area contributed by atoms with Crippen LogP contribution in [0.2, 0.25) is 5.02 Å². The molecule has 1 aromatic carbocycles. The second-order valence-electron chi connectivity index (χ2n) is 5.86. The zero-order valence-electron chi connectivity index (χ0n) is 13.8. The minimum Gasteiger partial charge on any atom is -0.342 e. The summed E-state index contributed by atoms with van der Waals surface area (Å²) in [7, 11) is 0. The maximum atomic E-state index is 10.8. The van der Waals surface area contributed by atoms with E-state index >= 15 is 0 Å². The number of amides is 1. The van der Waals surface area contributed by atoms with E-state index in [1.54, 1.807) is 4.90 Å². The molecule has 0 spiro atoms. The van der Waals surface area contributed by atoms with Gasteiger partial charge in [0.05, 0.1) is 0 Å². The minimum absolute atomic E-state index is 0.683. The average molecular weight is 346 g/mol. The highest BCUT2D eigenvalue weighted by Crippen LogP contribution is 2.26. The third kappa shape index (κ3) is 3.59. The molecule has 1 amide bonds. The molecule has 1 saturated heterocycles. The fourth-order valence-corrected chi connectivity index (χ4v) is 2.84. The monoisotopic (exact) mass is 345 g/mol. The smallest absolute Gasteiger partial charge is 0.227 e. The number of anilines is 3. The molecule has 126 valence electrons. The van der Waals surface area contributed by atoms with Gasteiger partial charge in [0.1, 0.15) is 5.82 Å². The van der Waals surface area contributed by atoms with Crippen molar-refractivity contribution in [1.29, 1.82) is 0 Å². The summed E-state index contributed by atoms with van der Waals surface area (Å²) in [5, 5.41) is 4.04. The number of aryl methyl sites for hydroxylation is 1. The summed E-state index contributed by atoms with van der Waals surface area (Å²) in [4.78, 5) is 23.9. The lowest BCUT2D eigenvalue weighted by atomic mass is 10.2. The number of hydrogen-bond donors (Lipinski definition) is 1. The molecule has 1 fully saturated rings. The van der Waals surface area contributed by atoms with Gasteiger partial charge in [-0.1, -0.05) is 17.7 Å². The molecule has 2 heterocycles. The Balaban J connectivity index is 1.81. The standard InChI is InChI=1S/C17H20ClN5O/c1-12-10-16(20-15-5-3-4-14(18)13(15)2)21-17(19-12)23-8-6-22(11-24)7-9-23/h3-5,10-11H,6-9H2,1-2H3,(H,19,20,21). The van der Waals surface area contributed by atoms with Crippen LogP contribution in [0, 0.1) is 13.8 Å². The summed E-state index contributed by atoms with van der Waals surface area (Å²) in [6.45, 7) is 6.77. The van der Waals surface area contributed by atoms with Crippen LogP contribution in [0.1, 0.15) is 11.3 Å². The molecule has 1 aliphatic rings. The first-order valence-electron chi connectivity index (χ1n) is 7.89. The van der Waals surface area contributed by atoms with Gasteiger partial charge in [0.2, 0.25) is 12.4 Å². The molecule has 24 heavy (non-hydrogen) atoms. The van der Waals surface area contributed by atoms with Gasteiger partial charge in [-0.25, -0.2) is 4.98 Å². The Morgan fingerprint density at radius 1 is 1.17 bits per heavy atom.